The normalized spacial score (nSPS) is 11.6. The van der Waals surface area contributed by atoms with Crippen LogP contribution in [-0.2, 0) is 13.1 Å². The van der Waals surface area contributed by atoms with E-state index in [4.69, 9.17) is 0 Å². The van der Waals surface area contributed by atoms with Gasteiger partial charge in [0.15, 0.2) is 0 Å². The molecule has 0 aliphatic carbocycles. The minimum absolute atomic E-state index is 0.989. The van der Waals surface area contributed by atoms with Crippen LogP contribution in [0.15, 0.2) is 24.3 Å². The number of hydrogen-bond donors (Lipinski definition) is 1. The lowest BCUT2D eigenvalue weighted by Crippen LogP contribution is -2.18. The Morgan fingerprint density at radius 3 is 2.72 bits per heavy atom. The predicted molar refractivity (Wildman–Crippen MR) is 81.2 cm³/mol. The van der Waals surface area contributed by atoms with Crippen molar-refractivity contribution in [3.05, 3.63) is 34.7 Å². The molecule has 0 aliphatic heterocycles. The fourth-order valence-corrected chi connectivity index (χ4v) is 3.27. The Morgan fingerprint density at radius 2 is 2.00 bits per heavy atom. The van der Waals surface area contributed by atoms with Gasteiger partial charge in [-0.1, -0.05) is 32.0 Å². The van der Waals surface area contributed by atoms with E-state index in [-0.39, 0.29) is 0 Å². The third-order valence-electron chi connectivity index (χ3n) is 3.29. The van der Waals surface area contributed by atoms with Gasteiger partial charge in [-0.2, -0.15) is 0 Å². The average Bonchev–Trinajstić information content (AvgIpc) is 2.74. The zero-order valence-electron chi connectivity index (χ0n) is 11.5. The summed E-state index contributed by atoms with van der Waals surface area (Å²) in [5, 5.41) is 4.88. The molecule has 0 atom stereocenters. The van der Waals surface area contributed by atoms with Crippen LogP contribution in [0.5, 0.6) is 0 Å². The van der Waals surface area contributed by atoms with E-state index in [1.165, 1.54) is 20.5 Å². The molecule has 1 aromatic carbocycles. The summed E-state index contributed by atoms with van der Waals surface area (Å²) in [5.74, 6) is 0. The van der Waals surface area contributed by atoms with Crippen LogP contribution < -0.4 is 5.32 Å². The minimum Gasteiger partial charge on any atom is -0.312 e. The molecule has 1 heterocycles. The van der Waals surface area contributed by atoms with Crippen molar-refractivity contribution in [2.45, 2.75) is 26.9 Å². The van der Waals surface area contributed by atoms with E-state index in [9.17, 15) is 0 Å². The molecule has 0 saturated heterocycles. The topological polar surface area (TPSA) is 15.3 Å². The van der Waals surface area contributed by atoms with Crippen molar-refractivity contribution < 1.29 is 0 Å². The summed E-state index contributed by atoms with van der Waals surface area (Å²) in [7, 11) is 2.18. The third-order valence-corrected chi connectivity index (χ3v) is 4.50. The van der Waals surface area contributed by atoms with Gasteiger partial charge in [0.2, 0.25) is 0 Å². The second kappa shape index (κ2) is 6.32. The van der Waals surface area contributed by atoms with Crippen LogP contribution in [0, 0.1) is 0 Å². The van der Waals surface area contributed by atoms with Crippen LogP contribution in [0.4, 0.5) is 0 Å². The highest BCUT2D eigenvalue weighted by Crippen LogP contribution is 2.32. The van der Waals surface area contributed by atoms with Crippen molar-refractivity contribution in [3.63, 3.8) is 0 Å². The number of thiophene rings is 1. The number of nitrogens with one attached hydrogen (secondary N) is 1. The SMILES string of the molecule is CCNCc1sc2ccccc2c1CN(C)CC. The van der Waals surface area contributed by atoms with Gasteiger partial charge >= 0.3 is 0 Å². The second-order valence-corrected chi connectivity index (χ2v) is 5.75. The summed E-state index contributed by atoms with van der Waals surface area (Å²) in [5.41, 5.74) is 1.50. The first-order chi connectivity index (χ1) is 8.76. The molecule has 2 aromatic rings. The molecule has 0 spiro atoms. The van der Waals surface area contributed by atoms with Crippen molar-refractivity contribution in [1.82, 2.24) is 10.2 Å². The summed E-state index contributed by atoms with van der Waals surface area (Å²) < 4.78 is 1.41. The monoisotopic (exact) mass is 262 g/mol. The van der Waals surface area contributed by atoms with E-state index in [1.807, 2.05) is 11.3 Å². The van der Waals surface area contributed by atoms with Gasteiger partial charge in [-0.3, -0.25) is 0 Å². The highest BCUT2D eigenvalue weighted by Gasteiger charge is 2.12. The van der Waals surface area contributed by atoms with Gasteiger partial charge in [0.25, 0.3) is 0 Å². The smallest absolute Gasteiger partial charge is 0.0349 e. The Hall–Kier alpha value is -0.900. The highest BCUT2D eigenvalue weighted by molar-refractivity contribution is 7.19. The molecular formula is C15H22N2S. The van der Waals surface area contributed by atoms with E-state index in [2.05, 4.69) is 55.4 Å². The molecule has 0 fully saturated rings. The number of rotatable bonds is 6. The summed E-state index contributed by atoms with van der Waals surface area (Å²) in [6.07, 6.45) is 0. The van der Waals surface area contributed by atoms with Crippen LogP contribution in [0.2, 0.25) is 0 Å². The summed E-state index contributed by atoms with van der Waals surface area (Å²) >= 11 is 1.93. The fraction of sp³-hybridized carbons (Fsp3) is 0.467. The molecule has 2 nitrogen and oxygen atoms in total. The Kier molecular flexibility index (Phi) is 4.75. The lowest BCUT2D eigenvalue weighted by molar-refractivity contribution is 0.346. The van der Waals surface area contributed by atoms with Gasteiger partial charge in [0.05, 0.1) is 0 Å². The highest BCUT2D eigenvalue weighted by atomic mass is 32.1. The van der Waals surface area contributed by atoms with Crippen molar-refractivity contribution in [1.29, 1.82) is 0 Å². The quantitative estimate of drug-likeness (QED) is 0.857. The Bertz CT molecular complexity index is 504. The second-order valence-electron chi connectivity index (χ2n) is 4.61. The molecule has 98 valence electrons. The zero-order valence-corrected chi connectivity index (χ0v) is 12.3. The van der Waals surface area contributed by atoms with Crippen molar-refractivity contribution in [3.8, 4) is 0 Å². The van der Waals surface area contributed by atoms with Crippen LogP contribution in [0.3, 0.4) is 0 Å². The van der Waals surface area contributed by atoms with Crippen LogP contribution >= 0.6 is 11.3 Å². The molecule has 0 unspecified atom stereocenters. The first kappa shape index (κ1) is 13.5. The molecule has 0 amide bonds. The van der Waals surface area contributed by atoms with Gasteiger partial charge in [-0.05, 0) is 37.2 Å². The van der Waals surface area contributed by atoms with E-state index in [0.717, 1.165) is 26.2 Å². The summed E-state index contributed by atoms with van der Waals surface area (Å²) in [6, 6.07) is 8.75. The lowest BCUT2D eigenvalue weighted by Gasteiger charge is -2.15. The number of nitrogens with zero attached hydrogens (tertiary/aromatic N) is 1. The number of benzene rings is 1. The first-order valence-electron chi connectivity index (χ1n) is 6.64. The minimum atomic E-state index is 0.989. The Morgan fingerprint density at radius 1 is 1.22 bits per heavy atom. The third kappa shape index (κ3) is 2.91. The van der Waals surface area contributed by atoms with Gasteiger partial charge in [0, 0.05) is 22.7 Å². The van der Waals surface area contributed by atoms with Crippen molar-refractivity contribution in [2.75, 3.05) is 20.1 Å². The maximum Gasteiger partial charge on any atom is 0.0349 e. The van der Waals surface area contributed by atoms with Crippen LogP contribution in [0.1, 0.15) is 24.3 Å². The largest absolute Gasteiger partial charge is 0.312 e. The Balaban J connectivity index is 2.37. The van der Waals surface area contributed by atoms with Crippen LogP contribution in [-0.4, -0.2) is 25.0 Å². The van der Waals surface area contributed by atoms with Gasteiger partial charge in [0.1, 0.15) is 0 Å². The molecule has 1 N–H and O–H groups in total. The summed E-state index contributed by atoms with van der Waals surface area (Å²) in [4.78, 5) is 3.85. The van der Waals surface area contributed by atoms with Gasteiger partial charge in [-0.25, -0.2) is 0 Å². The fourth-order valence-electron chi connectivity index (χ4n) is 2.09. The van der Waals surface area contributed by atoms with E-state index < -0.39 is 0 Å². The molecule has 0 radical (unpaired) electrons. The molecule has 0 aliphatic rings. The van der Waals surface area contributed by atoms with E-state index in [1.54, 1.807) is 0 Å². The molecule has 0 saturated carbocycles. The van der Waals surface area contributed by atoms with Gasteiger partial charge < -0.3 is 10.2 Å². The molecule has 2 rings (SSSR count). The number of hydrogen-bond acceptors (Lipinski definition) is 3. The van der Waals surface area contributed by atoms with E-state index >= 15 is 0 Å². The molecular weight excluding hydrogens is 240 g/mol. The first-order valence-corrected chi connectivity index (χ1v) is 7.46. The maximum absolute atomic E-state index is 3.45. The Labute approximate surface area is 114 Å². The molecule has 1 aromatic heterocycles. The number of fused-ring (bicyclic) bond motifs is 1. The van der Waals surface area contributed by atoms with Gasteiger partial charge in [-0.15, -0.1) is 11.3 Å². The van der Waals surface area contributed by atoms with Crippen molar-refractivity contribution >= 4 is 21.4 Å². The average molecular weight is 262 g/mol. The van der Waals surface area contributed by atoms with Crippen molar-refractivity contribution in [2.24, 2.45) is 0 Å². The zero-order chi connectivity index (χ0) is 13.0. The molecule has 0 bridgehead atoms. The predicted octanol–water partition coefficient (Wildman–Crippen LogP) is 3.46. The maximum atomic E-state index is 3.45. The molecule has 18 heavy (non-hydrogen) atoms. The standard InChI is InChI=1S/C15H22N2S/c1-4-16-10-15-13(11-17(3)5-2)12-8-6-7-9-14(12)18-15/h6-9,16H,4-5,10-11H2,1-3H3. The van der Waals surface area contributed by atoms with E-state index in [0.29, 0.717) is 0 Å². The summed E-state index contributed by atoms with van der Waals surface area (Å²) in [6.45, 7) is 8.51. The lowest BCUT2D eigenvalue weighted by atomic mass is 10.1. The van der Waals surface area contributed by atoms with Crippen LogP contribution in [0.25, 0.3) is 10.1 Å². The molecule has 3 heteroatoms.